The molecule has 0 fully saturated rings. The number of benzene rings is 1. The van der Waals surface area contributed by atoms with Gasteiger partial charge in [-0.15, -0.1) is 0 Å². The first-order valence-corrected chi connectivity index (χ1v) is 7.10. The number of carbonyl (C=O) groups excluding carboxylic acids is 1. The Morgan fingerprint density at radius 1 is 1.25 bits per heavy atom. The zero-order valence-corrected chi connectivity index (χ0v) is 13.1. The molecule has 0 radical (unpaired) electrons. The van der Waals surface area contributed by atoms with Crippen LogP contribution in [0.2, 0.25) is 0 Å². The van der Waals surface area contributed by atoms with Gasteiger partial charge in [0.05, 0.1) is 0 Å². The number of aromatic hydroxyl groups is 1. The summed E-state index contributed by atoms with van der Waals surface area (Å²) in [5.74, 6) is 0.227. The SMILES string of the molecule is CCCc1cc(NC(C)=O)cc(CNC(C)(C)C)c1O. The van der Waals surface area contributed by atoms with Crippen molar-refractivity contribution in [1.82, 2.24) is 5.32 Å². The van der Waals surface area contributed by atoms with Gasteiger partial charge in [-0.2, -0.15) is 0 Å². The molecule has 20 heavy (non-hydrogen) atoms. The molecule has 4 nitrogen and oxygen atoms in total. The van der Waals surface area contributed by atoms with Gasteiger partial charge in [-0.1, -0.05) is 13.3 Å². The highest BCUT2D eigenvalue weighted by Gasteiger charge is 2.14. The molecule has 0 saturated carbocycles. The topological polar surface area (TPSA) is 61.4 Å². The zero-order valence-electron chi connectivity index (χ0n) is 13.1. The van der Waals surface area contributed by atoms with Crippen LogP contribution < -0.4 is 10.6 Å². The van der Waals surface area contributed by atoms with Crippen LogP contribution >= 0.6 is 0 Å². The summed E-state index contributed by atoms with van der Waals surface area (Å²) in [6.45, 7) is 10.4. The molecule has 0 heterocycles. The normalized spacial score (nSPS) is 11.4. The number of aryl methyl sites for hydroxylation is 1. The third-order valence-corrected chi connectivity index (χ3v) is 2.92. The number of hydrogen-bond donors (Lipinski definition) is 3. The van der Waals surface area contributed by atoms with Gasteiger partial charge in [0.1, 0.15) is 5.75 Å². The molecule has 3 N–H and O–H groups in total. The van der Waals surface area contributed by atoms with Crippen LogP contribution in [-0.4, -0.2) is 16.6 Å². The minimum Gasteiger partial charge on any atom is -0.507 e. The highest BCUT2D eigenvalue weighted by atomic mass is 16.3. The van der Waals surface area contributed by atoms with E-state index in [9.17, 15) is 9.90 Å². The lowest BCUT2D eigenvalue weighted by atomic mass is 10.0. The van der Waals surface area contributed by atoms with Crippen LogP contribution in [0.15, 0.2) is 12.1 Å². The standard InChI is InChI=1S/C16H26N2O2/c1-6-7-12-8-14(18-11(2)19)9-13(15(12)20)10-17-16(3,4)5/h8-9,17,20H,6-7,10H2,1-5H3,(H,18,19). The molecule has 112 valence electrons. The lowest BCUT2D eigenvalue weighted by Crippen LogP contribution is -2.35. The lowest BCUT2D eigenvalue weighted by molar-refractivity contribution is -0.114. The van der Waals surface area contributed by atoms with Gasteiger partial charge in [0, 0.05) is 30.3 Å². The first-order valence-electron chi connectivity index (χ1n) is 7.10. The number of phenolic OH excluding ortho intramolecular Hbond substituents is 1. The van der Waals surface area contributed by atoms with Crippen LogP contribution in [0.25, 0.3) is 0 Å². The van der Waals surface area contributed by atoms with Gasteiger partial charge < -0.3 is 15.7 Å². The van der Waals surface area contributed by atoms with Gasteiger partial charge in [-0.3, -0.25) is 4.79 Å². The minimum atomic E-state index is -0.104. The summed E-state index contributed by atoms with van der Waals surface area (Å²) in [5, 5.41) is 16.5. The first kappa shape index (κ1) is 16.5. The largest absolute Gasteiger partial charge is 0.507 e. The molecule has 0 saturated heterocycles. The minimum absolute atomic E-state index is 0.0264. The van der Waals surface area contributed by atoms with Crippen molar-refractivity contribution in [1.29, 1.82) is 0 Å². The predicted molar refractivity (Wildman–Crippen MR) is 83.0 cm³/mol. The molecule has 1 aromatic carbocycles. The van der Waals surface area contributed by atoms with Crippen molar-refractivity contribution in [3.63, 3.8) is 0 Å². The lowest BCUT2D eigenvalue weighted by Gasteiger charge is -2.22. The Bertz CT molecular complexity index is 476. The zero-order chi connectivity index (χ0) is 15.3. The first-order chi connectivity index (χ1) is 9.23. The smallest absolute Gasteiger partial charge is 0.221 e. The van der Waals surface area contributed by atoms with E-state index in [1.165, 1.54) is 6.92 Å². The summed E-state index contributed by atoms with van der Waals surface area (Å²) in [7, 11) is 0. The van der Waals surface area contributed by atoms with Crippen LogP contribution in [0.1, 0.15) is 52.2 Å². The van der Waals surface area contributed by atoms with E-state index in [0.29, 0.717) is 12.3 Å². The van der Waals surface area contributed by atoms with E-state index in [4.69, 9.17) is 0 Å². The quantitative estimate of drug-likeness (QED) is 0.725. The highest BCUT2D eigenvalue weighted by molar-refractivity contribution is 5.89. The average Bonchev–Trinajstić information content (AvgIpc) is 2.29. The number of amides is 1. The fraction of sp³-hybridized carbons (Fsp3) is 0.562. The Morgan fingerprint density at radius 2 is 1.85 bits per heavy atom. The van der Waals surface area contributed by atoms with Gasteiger partial charge in [-0.25, -0.2) is 0 Å². The van der Waals surface area contributed by atoms with E-state index in [1.54, 1.807) is 0 Å². The third kappa shape index (κ3) is 5.21. The maximum absolute atomic E-state index is 11.2. The van der Waals surface area contributed by atoms with Gasteiger partial charge in [0.25, 0.3) is 0 Å². The number of nitrogens with one attached hydrogen (secondary N) is 2. The second-order valence-electron chi connectivity index (χ2n) is 6.18. The molecule has 0 aromatic heterocycles. The van der Waals surface area contributed by atoms with Gasteiger partial charge in [0.15, 0.2) is 0 Å². The maximum Gasteiger partial charge on any atom is 0.221 e. The second-order valence-corrected chi connectivity index (χ2v) is 6.18. The molecule has 1 rings (SSSR count). The Balaban J connectivity index is 3.06. The fourth-order valence-corrected chi connectivity index (χ4v) is 1.99. The highest BCUT2D eigenvalue weighted by Crippen LogP contribution is 2.28. The van der Waals surface area contributed by atoms with Crippen molar-refractivity contribution in [2.45, 2.75) is 59.5 Å². The molecule has 0 aliphatic carbocycles. The van der Waals surface area contributed by atoms with Crippen LogP contribution in [0, 0.1) is 0 Å². The summed E-state index contributed by atoms with van der Waals surface area (Å²) in [5.41, 5.74) is 2.41. The predicted octanol–water partition coefficient (Wildman–Crippen LogP) is 3.19. The van der Waals surface area contributed by atoms with Gasteiger partial charge >= 0.3 is 0 Å². The average molecular weight is 278 g/mol. The summed E-state index contributed by atoms with van der Waals surface area (Å²) >= 11 is 0. The molecule has 0 bridgehead atoms. The van der Waals surface area contributed by atoms with E-state index in [0.717, 1.165) is 29.7 Å². The van der Waals surface area contributed by atoms with Gasteiger partial charge in [0.2, 0.25) is 5.91 Å². The number of carbonyl (C=O) groups is 1. The fourth-order valence-electron chi connectivity index (χ4n) is 1.99. The number of rotatable bonds is 5. The van der Waals surface area contributed by atoms with Crippen LogP contribution in [0.5, 0.6) is 5.75 Å². The molecule has 0 aliphatic heterocycles. The molecule has 4 heteroatoms. The summed E-state index contributed by atoms with van der Waals surface area (Å²) < 4.78 is 0. The van der Waals surface area contributed by atoms with E-state index in [2.05, 4.69) is 38.3 Å². The molecule has 1 amide bonds. The molecule has 0 spiro atoms. The Hall–Kier alpha value is -1.55. The van der Waals surface area contributed by atoms with Crippen LogP contribution in [0.3, 0.4) is 0 Å². The Kier molecular flexibility index (Phi) is 5.57. The summed E-state index contributed by atoms with van der Waals surface area (Å²) in [4.78, 5) is 11.2. The van der Waals surface area contributed by atoms with E-state index in [-0.39, 0.29) is 11.4 Å². The van der Waals surface area contributed by atoms with Crippen molar-refractivity contribution in [3.05, 3.63) is 23.3 Å². The van der Waals surface area contributed by atoms with Crippen molar-refractivity contribution < 1.29 is 9.90 Å². The molecule has 0 aliphatic rings. The maximum atomic E-state index is 11.2. The van der Waals surface area contributed by atoms with E-state index < -0.39 is 0 Å². The number of phenols is 1. The summed E-state index contributed by atoms with van der Waals surface area (Å²) in [6, 6.07) is 3.68. The molecule has 1 aromatic rings. The number of hydrogen-bond acceptors (Lipinski definition) is 3. The van der Waals surface area contributed by atoms with Crippen molar-refractivity contribution in [2.24, 2.45) is 0 Å². The van der Waals surface area contributed by atoms with E-state index in [1.807, 2.05) is 12.1 Å². The Labute approximate surface area is 121 Å². The van der Waals surface area contributed by atoms with Crippen molar-refractivity contribution in [2.75, 3.05) is 5.32 Å². The van der Waals surface area contributed by atoms with Crippen molar-refractivity contribution in [3.8, 4) is 5.75 Å². The molecular weight excluding hydrogens is 252 g/mol. The molecular formula is C16H26N2O2. The third-order valence-electron chi connectivity index (χ3n) is 2.92. The van der Waals surface area contributed by atoms with Crippen LogP contribution in [0.4, 0.5) is 5.69 Å². The second kappa shape index (κ2) is 6.75. The molecule has 0 unspecified atom stereocenters. The number of anilines is 1. The Morgan fingerprint density at radius 3 is 2.35 bits per heavy atom. The summed E-state index contributed by atoms with van der Waals surface area (Å²) in [6.07, 6.45) is 1.74. The van der Waals surface area contributed by atoms with Gasteiger partial charge in [-0.05, 0) is 44.9 Å². The van der Waals surface area contributed by atoms with E-state index >= 15 is 0 Å². The van der Waals surface area contributed by atoms with Crippen LogP contribution in [-0.2, 0) is 17.8 Å². The van der Waals surface area contributed by atoms with Crippen molar-refractivity contribution >= 4 is 11.6 Å². The molecule has 0 atom stereocenters. The monoisotopic (exact) mass is 278 g/mol.